The molecule has 0 saturated carbocycles. The zero-order chi connectivity index (χ0) is 19.4. The van der Waals surface area contributed by atoms with E-state index in [9.17, 15) is 0 Å². The van der Waals surface area contributed by atoms with Crippen LogP contribution in [0.15, 0.2) is 58.1 Å². The number of halogens is 3. The second-order valence-corrected chi connectivity index (χ2v) is 9.92. The van der Waals surface area contributed by atoms with E-state index < -0.39 is 6.23 Å². The van der Waals surface area contributed by atoms with Crippen molar-refractivity contribution in [3.8, 4) is 5.75 Å². The summed E-state index contributed by atoms with van der Waals surface area (Å²) in [7, 11) is 0. The summed E-state index contributed by atoms with van der Waals surface area (Å²) >= 11 is 18.0. The third kappa shape index (κ3) is 3.14. The lowest BCUT2D eigenvalue weighted by molar-refractivity contribution is -0.0190. The minimum absolute atomic E-state index is 0.0930. The zero-order valence-corrected chi connectivity index (χ0v) is 18.7. The standard InChI is InChI=1S/C21H15BrCl2N2OS/c1-11-2-7-20(28-11)17-10-18-15-8-12(22)3-6-19(15)27-21(26(18)25-17)14-5-4-13(23)9-16(14)24/h2-9,18,21H,10H2,1H3/t18-,21-/m0/s1. The summed E-state index contributed by atoms with van der Waals surface area (Å²) in [6.45, 7) is 2.11. The van der Waals surface area contributed by atoms with Crippen LogP contribution in [0.4, 0.5) is 0 Å². The monoisotopic (exact) mass is 492 g/mol. The average Bonchev–Trinajstić information content (AvgIpc) is 3.28. The summed E-state index contributed by atoms with van der Waals surface area (Å²) in [4.78, 5) is 2.48. The fourth-order valence-corrected chi connectivity index (χ4v) is 5.45. The smallest absolute Gasteiger partial charge is 0.215 e. The highest BCUT2D eigenvalue weighted by molar-refractivity contribution is 9.10. The van der Waals surface area contributed by atoms with Gasteiger partial charge in [0.25, 0.3) is 0 Å². The summed E-state index contributed by atoms with van der Waals surface area (Å²) in [5.41, 5.74) is 3.06. The molecule has 0 fully saturated rings. The van der Waals surface area contributed by atoms with E-state index >= 15 is 0 Å². The van der Waals surface area contributed by atoms with E-state index in [0.717, 1.165) is 33.5 Å². The molecule has 7 heteroatoms. The van der Waals surface area contributed by atoms with Gasteiger partial charge in [0, 0.05) is 31.9 Å². The topological polar surface area (TPSA) is 24.8 Å². The van der Waals surface area contributed by atoms with Gasteiger partial charge in [0.1, 0.15) is 5.75 Å². The van der Waals surface area contributed by atoms with Crippen molar-refractivity contribution in [3.05, 3.63) is 83.9 Å². The zero-order valence-electron chi connectivity index (χ0n) is 14.8. The fraction of sp³-hybridized carbons (Fsp3) is 0.190. The van der Waals surface area contributed by atoms with E-state index in [1.54, 1.807) is 17.4 Å². The van der Waals surface area contributed by atoms with Crippen molar-refractivity contribution >= 4 is 56.2 Å². The van der Waals surface area contributed by atoms with Crippen LogP contribution in [0.5, 0.6) is 5.75 Å². The van der Waals surface area contributed by atoms with E-state index in [0.29, 0.717) is 10.0 Å². The van der Waals surface area contributed by atoms with Gasteiger partial charge in [0.05, 0.1) is 21.7 Å². The molecule has 2 atom stereocenters. The number of benzene rings is 2. The summed E-state index contributed by atoms with van der Waals surface area (Å²) < 4.78 is 7.40. The Morgan fingerprint density at radius 2 is 1.96 bits per heavy atom. The highest BCUT2D eigenvalue weighted by Gasteiger charge is 2.42. The number of nitrogens with zero attached hydrogens (tertiary/aromatic N) is 2. The highest BCUT2D eigenvalue weighted by Crippen LogP contribution is 2.49. The number of fused-ring (bicyclic) bond motifs is 3. The van der Waals surface area contributed by atoms with Crippen LogP contribution >= 0.6 is 50.5 Å². The molecule has 0 radical (unpaired) electrons. The van der Waals surface area contributed by atoms with Gasteiger partial charge in [-0.05, 0) is 49.4 Å². The molecule has 0 bridgehead atoms. The molecule has 0 aliphatic carbocycles. The highest BCUT2D eigenvalue weighted by atomic mass is 79.9. The van der Waals surface area contributed by atoms with Gasteiger partial charge in [-0.1, -0.05) is 45.2 Å². The lowest BCUT2D eigenvalue weighted by Crippen LogP contribution is -2.33. The van der Waals surface area contributed by atoms with Gasteiger partial charge in [-0.25, -0.2) is 5.01 Å². The molecule has 2 aliphatic heterocycles. The average molecular weight is 494 g/mol. The maximum absolute atomic E-state index is 6.52. The molecule has 0 spiro atoms. The largest absolute Gasteiger partial charge is 0.464 e. The van der Waals surface area contributed by atoms with Crippen LogP contribution in [-0.4, -0.2) is 10.7 Å². The van der Waals surface area contributed by atoms with E-state index in [2.05, 4.69) is 41.1 Å². The van der Waals surface area contributed by atoms with Crippen molar-refractivity contribution in [2.24, 2.45) is 5.10 Å². The number of thiophene rings is 1. The number of hydrazone groups is 1. The van der Waals surface area contributed by atoms with E-state index in [1.165, 1.54) is 9.75 Å². The van der Waals surface area contributed by atoms with Crippen molar-refractivity contribution in [1.29, 1.82) is 0 Å². The second-order valence-electron chi connectivity index (χ2n) is 6.88. The molecular weight excluding hydrogens is 479 g/mol. The van der Waals surface area contributed by atoms with Gasteiger partial charge in [0.2, 0.25) is 6.23 Å². The van der Waals surface area contributed by atoms with E-state index in [-0.39, 0.29) is 6.04 Å². The first-order chi connectivity index (χ1) is 13.5. The molecule has 142 valence electrons. The van der Waals surface area contributed by atoms with Crippen LogP contribution in [0, 0.1) is 6.92 Å². The molecule has 0 N–H and O–H groups in total. The minimum atomic E-state index is -0.401. The van der Waals surface area contributed by atoms with E-state index in [4.69, 9.17) is 33.0 Å². The Hall–Kier alpha value is -1.53. The first kappa shape index (κ1) is 18.5. The number of hydrogen-bond acceptors (Lipinski definition) is 4. The van der Waals surface area contributed by atoms with Gasteiger partial charge in [-0.3, -0.25) is 0 Å². The van der Waals surface area contributed by atoms with Gasteiger partial charge in [0.15, 0.2) is 0 Å². The Morgan fingerprint density at radius 3 is 2.71 bits per heavy atom. The quantitative estimate of drug-likeness (QED) is 0.372. The molecule has 3 heterocycles. The lowest BCUT2D eigenvalue weighted by Gasteiger charge is -2.38. The first-order valence-corrected chi connectivity index (χ1v) is 11.2. The molecular formula is C21H15BrCl2N2OS. The normalized spacial score (nSPS) is 20.4. The van der Waals surface area contributed by atoms with Crippen LogP contribution < -0.4 is 4.74 Å². The maximum Gasteiger partial charge on any atom is 0.215 e. The second kappa shape index (κ2) is 7.06. The summed E-state index contributed by atoms with van der Waals surface area (Å²) in [5, 5.41) is 8.19. The Bertz CT molecular complexity index is 1110. The van der Waals surface area contributed by atoms with Crippen molar-refractivity contribution in [2.75, 3.05) is 0 Å². The predicted octanol–water partition coefficient (Wildman–Crippen LogP) is 7.37. The lowest BCUT2D eigenvalue weighted by atomic mass is 9.97. The van der Waals surface area contributed by atoms with E-state index in [1.807, 2.05) is 29.3 Å². The summed E-state index contributed by atoms with van der Waals surface area (Å²) in [6, 6.07) is 16.0. The minimum Gasteiger partial charge on any atom is -0.464 e. The van der Waals surface area contributed by atoms with Crippen molar-refractivity contribution in [1.82, 2.24) is 5.01 Å². The Labute approximate surface area is 185 Å². The van der Waals surface area contributed by atoms with Gasteiger partial charge in [-0.2, -0.15) is 5.10 Å². The molecule has 28 heavy (non-hydrogen) atoms. The fourth-order valence-electron chi connectivity index (χ4n) is 3.70. The Morgan fingerprint density at radius 1 is 1.11 bits per heavy atom. The number of ether oxygens (including phenoxy) is 1. The SMILES string of the molecule is Cc1ccc(C2=NN3[C@@H](C2)c2cc(Br)ccc2O[C@H]3c2ccc(Cl)cc2Cl)s1. The maximum atomic E-state index is 6.52. The molecule has 2 aromatic carbocycles. The van der Waals surface area contributed by atoms with Crippen LogP contribution in [0.25, 0.3) is 0 Å². The van der Waals surface area contributed by atoms with Crippen LogP contribution in [0.1, 0.15) is 39.6 Å². The first-order valence-electron chi connectivity index (χ1n) is 8.83. The molecule has 2 aliphatic rings. The predicted molar refractivity (Wildman–Crippen MR) is 119 cm³/mol. The van der Waals surface area contributed by atoms with Crippen LogP contribution in [-0.2, 0) is 0 Å². The molecule has 0 saturated heterocycles. The molecule has 3 nitrogen and oxygen atoms in total. The van der Waals surface area contributed by atoms with Gasteiger partial charge >= 0.3 is 0 Å². The number of rotatable bonds is 2. The van der Waals surface area contributed by atoms with Gasteiger partial charge < -0.3 is 4.74 Å². The molecule has 3 aromatic rings. The molecule has 5 rings (SSSR count). The van der Waals surface area contributed by atoms with Crippen LogP contribution in [0.2, 0.25) is 10.0 Å². The van der Waals surface area contributed by atoms with Crippen molar-refractivity contribution < 1.29 is 4.74 Å². The van der Waals surface area contributed by atoms with Gasteiger partial charge in [-0.15, -0.1) is 11.3 Å². The Kier molecular flexibility index (Phi) is 4.67. The summed E-state index contributed by atoms with van der Waals surface area (Å²) in [6.07, 6.45) is 0.427. The molecule has 0 unspecified atom stereocenters. The number of aryl methyl sites for hydroxylation is 1. The van der Waals surface area contributed by atoms with Crippen LogP contribution in [0.3, 0.4) is 0 Å². The van der Waals surface area contributed by atoms with Crippen molar-refractivity contribution in [3.63, 3.8) is 0 Å². The Balaban J connectivity index is 1.63. The third-order valence-electron chi connectivity index (χ3n) is 5.01. The summed E-state index contributed by atoms with van der Waals surface area (Å²) in [5.74, 6) is 0.860. The molecule has 1 aromatic heterocycles. The third-order valence-corrected chi connectivity index (χ3v) is 7.11. The van der Waals surface area contributed by atoms with Crippen molar-refractivity contribution in [2.45, 2.75) is 25.6 Å². The molecule has 0 amide bonds. The number of hydrogen-bond donors (Lipinski definition) is 0.